The minimum Gasteiger partial charge on any atom is -0.494 e. The van der Waals surface area contributed by atoms with Gasteiger partial charge >= 0.3 is 6.30 Å². The van der Waals surface area contributed by atoms with Crippen LogP contribution in [-0.2, 0) is 4.79 Å². The number of halogens is 3. The van der Waals surface area contributed by atoms with E-state index in [1.807, 2.05) is 60.4 Å². The number of aromatic nitrogens is 4. The molecule has 2 aromatic heterocycles. The summed E-state index contributed by atoms with van der Waals surface area (Å²) in [5.74, 6) is 1.73. The minimum atomic E-state index is -4.32. The van der Waals surface area contributed by atoms with Crippen LogP contribution >= 0.6 is 0 Å². The maximum atomic E-state index is 13.0. The van der Waals surface area contributed by atoms with E-state index in [9.17, 15) is 18.0 Å². The Balaban J connectivity index is 1.29. The topological polar surface area (TPSA) is 116 Å². The highest BCUT2D eigenvalue weighted by Gasteiger charge is 2.38. The molecule has 4 aromatic rings. The summed E-state index contributed by atoms with van der Waals surface area (Å²) in [4.78, 5) is 29.4. The van der Waals surface area contributed by atoms with Crippen molar-refractivity contribution in [1.82, 2.24) is 29.7 Å². The summed E-state index contributed by atoms with van der Waals surface area (Å²) in [6.07, 6.45) is 0.0363. The number of nitrogens with one attached hydrogen (secondary N) is 2. The first-order valence-electron chi connectivity index (χ1n) is 13.6. The summed E-state index contributed by atoms with van der Waals surface area (Å²) in [6.45, 7) is 6.49. The molecular weight excluding hydrogens is 547 g/mol. The monoisotopic (exact) mass is 579 g/mol. The van der Waals surface area contributed by atoms with Crippen LogP contribution in [-0.4, -0.2) is 74.7 Å². The molecule has 0 unspecified atom stereocenters. The van der Waals surface area contributed by atoms with Crippen molar-refractivity contribution in [3.63, 3.8) is 0 Å². The first kappa shape index (κ1) is 28.9. The second kappa shape index (κ2) is 12.1. The van der Waals surface area contributed by atoms with Crippen molar-refractivity contribution in [1.29, 1.82) is 0 Å². The molecule has 3 heterocycles. The number of ether oxygens (including phenoxy) is 1. The number of carbonyl (C=O) groups excluding carboxylic acids is 1. The first-order valence-corrected chi connectivity index (χ1v) is 13.6. The molecule has 1 saturated heterocycles. The standard InChI is InChI=1S/C30H32F3N7O2/c1-3-22(39-12-14-40(15-13-39)30(31,32)33)18-25-19(2)35-29(37-25)21-8-11-24-26(17-21)38-28(36-24)20-6-9-23(10-7-20)42-16-4-5-27(34)41/h3,6-11,17-18H,1,4-5,12-16H2,2H3,(H2,34,41)(H,35,37)(H,36,38)/b22-18+. The number of primary amides is 1. The van der Waals surface area contributed by atoms with Crippen molar-refractivity contribution >= 4 is 23.0 Å². The molecule has 0 saturated carbocycles. The molecule has 1 fully saturated rings. The summed E-state index contributed by atoms with van der Waals surface area (Å²) in [7, 11) is 0. The third kappa shape index (κ3) is 6.65. The molecule has 2 aromatic carbocycles. The lowest BCUT2D eigenvalue weighted by Crippen LogP contribution is -2.51. The number of carbonyl (C=O) groups is 1. The lowest BCUT2D eigenvalue weighted by atomic mass is 10.2. The summed E-state index contributed by atoms with van der Waals surface area (Å²) in [6, 6.07) is 13.4. The molecule has 0 radical (unpaired) electrons. The fourth-order valence-corrected chi connectivity index (χ4v) is 4.83. The zero-order valence-corrected chi connectivity index (χ0v) is 23.2. The molecule has 42 heavy (non-hydrogen) atoms. The van der Waals surface area contributed by atoms with Gasteiger partial charge in [0.25, 0.3) is 0 Å². The van der Waals surface area contributed by atoms with Crippen LogP contribution in [0.2, 0.25) is 0 Å². The van der Waals surface area contributed by atoms with Gasteiger partial charge in [-0.25, -0.2) is 14.9 Å². The number of hydrogen-bond donors (Lipinski definition) is 3. The third-order valence-electron chi connectivity index (χ3n) is 7.14. The van der Waals surface area contributed by atoms with Crippen molar-refractivity contribution in [2.45, 2.75) is 26.1 Å². The van der Waals surface area contributed by atoms with E-state index in [1.54, 1.807) is 6.08 Å². The van der Waals surface area contributed by atoms with E-state index >= 15 is 0 Å². The number of amides is 1. The van der Waals surface area contributed by atoms with Crippen LogP contribution in [0.1, 0.15) is 24.2 Å². The van der Waals surface area contributed by atoms with E-state index in [0.29, 0.717) is 41.0 Å². The molecule has 0 spiro atoms. The maximum Gasteiger partial charge on any atom is 0.460 e. The van der Waals surface area contributed by atoms with Gasteiger partial charge in [0, 0.05) is 55.1 Å². The quantitative estimate of drug-likeness (QED) is 0.135. The van der Waals surface area contributed by atoms with E-state index in [4.69, 9.17) is 20.4 Å². The van der Waals surface area contributed by atoms with Crippen molar-refractivity contribution < 1.29 is 22.7 Å². The summed E-state index contributed by atoms with van der Waals surface area (Å²) < 4.78 is 44.7. The van der Waals surface area contributed by atoms with E-state index in [-0.39, 0.29) is 38.5 Å². The second-order valence-corrected chi connectivity index (χ2v) is 10.1. The van der Waals surface area contributed by atoms with Crippen molar-refractivity contribution in [3.05, 3.63) is 72.2 Å². The van der Waals surface area contributed by atoms with E-state index < -0.39 is 6.30 Å². The largest absolute Gasteiger partial charge is 0.494 e. The van der Waals surface area contributed by atoms with Crippen molar-refractivity contribution in [3.8, 4) is 28.5 Å². The number of alkyl halides is 3. The fraction of sp³-hybridized carbons (Fsp3) is 0.300. The van der Waals surface area contributed by atoms with Gasteiger partial charge in [-0.05, 0) is 68.0 Å². The number of allylic oxidation sites excluding steroid dienone is 1. The number of piperazine rings is 1. The summed E-state index contributed by atoms with van der Waals surface area (Å²) >= 11 is 0. The Labute approximate surface area is 240 Å². The Morgan fingerprint density at radius 3 is 2.40 bits per heavy atom. The van der Waals surface area contributed by atoms with E-state index in [1.165, 1.54) is 0 Å². The highest BCUT2D eigenvalue weighted by atomic mass is 19.4. The lowest BCUT2D eigenvalue weighted by Gasteiger charge is -2.37. The van der Waals surface area contributed by atoms with Crippen molar-refractivity contribution in [2.75, 3.05) is 32.8 Å². The molecule has 220 valence electrons. The number of aryl methyl sites for hydroxylation is 1. The third-order valence-corrected chi connectivity index (χ3v) is 7.14. The Morgan fingerprint density at radius 2 is 1.74 bits per heavy atom. The average molecular weight is 580 g/mol. The Bertz CT molecular complexity index is 1600. The molecular formula is C30H32F3N7O2. The van der Waals surface area contributed by atoms with Gasteiger partial charge in [0.1, 0.15) is 17.4 Å². The smallest absolute Gasteiger partial charge is 0.460 e. The van der Waals surface area contributed by atoms with Gasteiger partial charge in [-0.3, -0.25) is 4.79 Å². The van der Waals surface area contributed by atoms with Gasteiger partial charge in [-0.15, -0.1) is 0 Å². The van der Waals surface area contributed by atoms with Crippen LogP contribution in [0.5, 0.6) is 5.75 Å². The Morgan fingerprint density at radius 1 is 1.05 bits per heavy atom. The number of fused-ring (bicyclic) bond motifs is 1. The highest BCUT2D eigenvalue weighted by molar-refractivity contribution is 5.83. The fourth-order valence-electron chi connectivity index (χ4n) is 4.83. The van der Waals surface area contributed by atoms with Crippen LogP contribution in [0, 0.1) is 6.92 Å². The molecule has 1 amide bonds. The first-order chi connectivity index (χ1) is 20.1. The summed E-state index contributed by atoms with van der Waals surface area (Å²) in [5.41, 5.74) is 10.8. The molecule has 9 nitrogen and oxygen atoms in total. The predicted molar refractivity (Wildman–Crippen MR) is 155 cm³/mol. The van der Waals surface area contributed by atoms with Gasteiger partial charge in [-0.2, -0.15) is 13.2 Å². The Kier molecular flexibility index (Phi) is 8.34. The van der Waals surface area contributed by atoms with Crippen LogP contribution < -0.4 is 10.5 Å². The number of imidazole rings is 2. The number of H-pyrrole nitrogens is 2. The van der Waals surface area contributed by atoms with Crippen LogP contribution in [0.25, 0.3) is 39.9 Å². The molecule has 1 aliphatic heterocycles. The number of hydrogen-bond acceptors (Lipinski definition) is 6. The molecule has 1 aliphatic rings. The molecule has 4 N–H and O–H groups in total. The number of rotatable bonds is 10. The molecule has 12 heteroatoms. The molecule has 5 rings (SSSR count). The highest BCUT2D eigenvalue weighted by Crippen LogP contribution is 2.28. The molecule has 0 atom stereocenters. The van der Waals surface area contributed by atoms with Crippen LogP contribution in [0.3, 0.4) is 0 Å². The zero-order chi connectivity index (χ0) is 29.9. The van der Waals surface area contributed by atoms with E-state index in [2.05, 4.69) is 16.5 Å². The van der Waals surface area contributed by atoms with Gasteiger partial charge in [-0.1, -0.05) is 6.58 Å². The number of benzene rings is 2. The van der Waals surface area contributed by atoms with Crippen LogP contribution in [0.4, 0.5) is 13.2 Å². The zero-order valence-electron chi connectivity index (χ0n) is 23.2. The maximum absolute atomic E-state index is 13.0. The minimum absolute atomic E-state index is 0.0952. The second-order valence-electron chi connectivity index (χ2n) is 10.1. The predicted octanol–water partition coefficient (Wildman–Crippen LogP) is 5.24. The number of aromatic amines is 2. The van der Waals surface area contributed by atoms with Gasteiger partial charge in [0.05, 0.1) is 23.3 Å². The summed E-state index contributed by atoms with van der Waals surface area (Å²) in [5, 5.41) is 0. The number of nitrogens with zero attached hydrogens (tertiary/aromatic N) is 4. The Hall–Kier alpha value is -4.58. The van der Waals surface area contributed by atoms with E-state index in [0.717, 1.165) is 33.6 Å². The van der Waals surface area contributed by atoms with Crippen molar-refractivity contribution in [2.24, 2.45) is 5.73 Å². The van der Waals surface area contributed by atoms with Gasteiger partial charge in [0.15, 0.2) is 0 Å². The molecule has 0 bridgehead atoms. The average Bonchev–Trinajstić information content (AvgIpc) is 3.56. The molecule has 0 aliphatic carbocycles. The van der Waals surface area contributed by atoms with Gasteiger partial charge < -0.3 is 25.3 Å². The SMILES string of the molecule is C=C/C(=C\c1nc(-c2ccc3nc(-c4ccc(OCCCC(N)=O)cc4)[nH]c3c2)[nH]c1C)N1CCN(C(F)(F)F)CC1. The van der Waals surface area contributed by atoms with Gasteiger partial charge in [0.2, 0.25) is 5.91 Å². The van der Waals surface area contributed by atoms with Crippen LogP contribution in [0.15, 0.2) is 60.8 Å². The number of nitrogens with two attached hydrogens (primary N) is 1. The lowest BCUT2D eigenvalue weighted by molar-refractivity contribution is -0.251. The normalized spacial score (nSPS) is 14.9.